The number of nitrogens with zero attached hydrogens (tertiary/aromatic N) is 2. The topological polar surface area (TPSA) is 53.8 Å². The van der Waals surface area contributed by atoms with Gasteiger partial charge in [0.2, 0.25) is 0 Å². The van der Waals surface area contributed by atoms with E-state index in [1.165, 1.54) is 25.7 Å². The van der Waals surface area contributed by atoms with Crippen LogP contribution in [0.5, 0.6) is 0 Å². The predicted molar refractivity (Wildman–Crippen MR) is 62.3 cm³/mol. The Hall–Kier alpha value is -0.680. The fourth-order valence-corrected chi connectivity index (χ4v) is 2.83. The number of nitrogens with one attached hydrogen (secondary N) is 1. The van der Waals surface area contributed by atoms with Gasteiger partial charge in [-0.2, -0.15) is 5.10 Å². The van der Waals surface area contributed by atoms with Gasteiger partial charge in [-0.1, -0.05) is 0 Å². The number of aliphatic hydroxyl groups is 1. The van der Waals surface area contributed by atoms with Gasteiger partial charge in [-0.25, -0.2) is 0 Å². The summed E-state index contributed by atoms with van der Waals surface area (Å²) < 4.78 is 2.63. The normalized spacial score (nSPS) is 20.6. The molecule has 0 amide bonds. The van der Waals surface area contributed by atoms with E-state index in [1.807, 2.05) is 4.57 Å². The summed E-state index contributed by atoms with van der Waals surface area (Å²) in [5.74, 6) is 3.23. The van der Waals surface area contributed by atoms with Gasteiger partial charge in [0, 0.05) is 6.54 Å². The lowest BCUT2D eigenvalue weighted by Gasteiger charge is -2.16. The fourth-order valence-electron chi connectivity index (χ4n) is 2.60. The van der Waals surface area contributed by atoms with Crippen LogP contribution in [0.4, 0.5) is 0 Å². The van der Waals surface area contributed by atoms with E-state index in [-0.39, 0.29) is 6.61 Å². The van der Waals surface area contributed by atoms with Gasteiger partial charge in [0.1, 0.15) is 6.61 Å². The van der Waals surface area contributed by atoms with Crippen LogP contribution in [0.15, 0.2) is 0 Å². The van der Waals surface area contributed by atoms with Gasteiger partial charge in [0.15, 0.2) is 10.6 Å². The van der Waals surface area contributed by atoms with Gasteiger partial charge in [0.25, 0.3) is 0 Å². The number of aromatic amines is 1. The number of aromatic nitrogens is 3. The molecule has 3 rings (SSSR count). The summed E-state index contributed by atoms with van der Waals surface area (Å²) in [5, 5.41) is 16.0. The minimum absolute atomic E-state index is 0.0325. The highest BCUT2D eigenvalue weighted by atomic mass is 32.1. The lowest BCUT2D eigenvalue weighted by Crippen LogP contribution is -2.17. The highest BCUT2D eigenvalue weighted by Crippen LogP contribution is 2.49. The molecule has 2 aliphatic carbocycles. The quantitative estimate of drug-likeness (QED) is 0.771. The average molecular weight is 239 g/mol. The molecule has 0 atom stereocenters. The Morgan fingerprint density at radius 1 is 1.38 bits per heavy atom. The van der Waals surface area contributed by atoms with Crippen molar-refractivity contribution in [1.29, 1.82) is 0 Å². The molecular weight excluding hydrogens is 222 g/mol. The molecule has 16 heavy (non-hydrogen) atoms. The van der Waals surface area contributed by atoms with E-state index in [4.69, 9.17) is 12.2 Å². The molecule has 2 saturated carbocycles. The molecule has 5 heteroatoms. The Balaban J connectivity index is 1.80. The maximum Gasteiger partial charge on any atom is 0.195 e. The molecule has 1 heterocycles. The van der Waals surface area contributed by atoms with Crippen molar-refractivity contribution in [3.63, 3.8) is 0 Å². The first kappa shape index (κ1) is 10.5. The summed E-state index contributed by atoms with van der Waals surface area (Å²) in [6.07, 6.45) is 5.50. The fraction of sp³-hybridized carbons (Fsp3) is 0.818. The van der Waals surface area contributed by atoms with E-state index in [2.05, 4.69) is 10.2 Å². The molecule has 2 fully saturated rings. The van der Waals surface area contributed by atoms with Crippen LogP contribution in [0, 0.1) is 22.5 Å². The molecule has 0 unspecified atom stereocenters. The molecule has 1 aromatic rings. The molecule has 0 radical (unpaired) electrons. The summed E-state index contributed by atoms with van der Waals surface area (Å²) in [5.41, 5.74) is 0. The van der Waals surface area contributed by atoms with Crippen molar-refractivity contribution in [2.24, 2.45) is 17.8 Å². The summed E-state index contributed by atoms with van der Waals surface area (Å²) in [6, 6.07) is 0. The van der Waals surface area contributed by atoms with E-state index in [9.17, 15) is 5.11 Å². The van der Waals surface area contributed by atoms with Crippen molar-refractivity contribution < 1.29 is 5.11 Å². The number of hydrogen-bond acceptors (Lipinski definition) is 3. The van der Waals surface area contributed by atoms with Crippen LogP contribution in [-0.2, 0) is 13.2 Å². The summed E-state index contributed by atoms with van der Waals surface area (Å²) in [6.45, 7) is 0.912. The van der Waals surface area contributed by atoms with Crippen LogP contribution in [0.2, 0.25) is 0 Å². The Morgan fingerprint density at radius 3 is 2.50 bits per heavy atom. The number of hydrogen-bond donors (Lipinski definition) is 2. The van der Waals surface area contributed by atoms with Gasteiger partial charge in [0.05, 0.1) is 0 Å². The minimum atomic E-state index is -0.0325. The number of aliphatic hydroxyl groups excluding tert-OH is 1. The lowest BCUT2D eigenvalue weighted by molar-refractivity contribution is 0.255. The SMILES string of the molecule is OCc1n[nH]c(=S)n1CC(C1CC1)C1CC1. The molecule has 2 N–H and O–H groups in total. The van der Waals surface area contributed by atoms with Gasteiger partial charge >= 0.3 is 0 Å². The van der Waals surface area contributed by atoms with E-state index < -0.39 is 0 Å². The highest BCUT2D eigenvalue weighted by Gasteiger charge is 2.41. The zero-order valence-electron chi connectivity index (χ0n) is 9.22. The Kier molecular flexibility index (Phi) is 2.59. The van der Waals surface area contributed by atoms with Crippen LogP contribution in [-0.4, -0.2) is 19.9 Å². The predicted octanol–water partition coefficient (Wildman–Crippen LogP) is 1.87. The molecule has 0 saturated heterocycles. The van der Waals surface area contributed by atoms with Gasteiger partial charge in [-0.05, 0) is 55.7 Å². The maximum atomic E-state index is 9.20. The maximum absolute atomic E-state index is 9.20. The first-order valence-corrected chi connectivity index (χ1v) is 6.45. The van der Waals surface area contributed by atoms with Gasteiger partial charge in [-0.3, -0.25) is 5.10 Å². The second kappa shape index (κ2) is 3.96. The Labute approximate surface area is 99.7 Å². The molecule has 0 spiro atoms. The molecule has 0 bridgehead atoms. The van der Waals surface area contributed by atoms with Gasteiger partial charge < -0.3 is 9.67 Å². The van der Waals surface area contributed by atoms with Crippen molar-refractivity contribution >= 4 is 12.2 Å². The Morgan fingerprint density at radius 2 is 2.00 bits per heavy atom. The van der Waals surface area contributed by atoms with Crippen LogP contribution >= 0.6 is 12.2 Å². The summed E-state index contributed by atoms with van der Waals surface area (Å²) >= 11 is 5.21. The van der Waals surface area contributed by atoms with Crippen LogP contribution < -0.4 is 0 Å². The van der Waals surface area contributed by atoms with E-state index >= 15 is 0 Å². The van der Waals surface area contributed by atoms with Crippen LogP contribution in [0.3, 0.4) is 0 Å². The lowest BCUT2D eigenvalue weighted by atomic mass is 9.98. The zero-order chi connectivity index (χ0) is 11.1. The van der Waals surface area contributed by atoms with Crippen molar-refractivity contribution in [3.8, 4) is 0 Å². The van der Waals surface area contributed by atoms with Crippen molar-refractivity contribution in [3.05, 3.63) is 10.6 Å². The smallest absolute Gasteiger partial charge is 0.195 e. The Bertz CT molecular complexity index is 419. The van der Waals surface area contributed by atoms with Crippen LogP contribution in [0.1, 0.15) is 31.5 Å². The zero-order valence-corrected chi connectivity index (χ0v) is 10.0. The monoisotopic (exact) mass is 239 g/mol. The molecule has 2 aliphatic rings. The van der Waals surface area contributed by atoms with E-state index in [1.54, 1.807) is 0 Å². The third kappa shape index (κ3) is 1.94. The average Bonchev–Trinajstić information content (AvgIpc) is 3.15. The molecule has 4 nitrogen and oxygen atoms in total. The standard InChI is InChI=1S/C11H17N3OS/c15-6-10-12-13-11(16)14(10)5-9(7-1-2-7)8-3-4-8/h7-9,15H,1-6H2,(H,13,16). The third-order valence-electron chi connectivity index (χ3n) is 3.83. The second-order valence-corrected chi connectivity index (χ2v) is 5.44. The third-order valence-corrected chi connectivity index (χ3v) is 4.14. The first-order chi connectivity index (χ1) is 7.79. The highest BCUT2D eigenvalue weighted by molar-refractivity contribution is 7.71. The molecule has 0 aromatic carbocycles. The summed E-state index contributed by atoms with van der Waals surface area (Å²) in [7, 11) is 0. The first-order valence-electron chi connectivity index (χ1n) is 6.04. The van der Waals surface area contributed by atoms with Crippen LogP contribution in [0.25, 0.3) is 0 Å². The molecule has 1 aromatic heterocycles. The van der Waals surface area contributed by atoms with Gasteiger partial charge in [-0.15, -0.1) is 0 Å². The summed E-state index contributed by atoms with van der Waals surface area (Å²) in [4.78, 5) is 0. The molecular formula is C11H17N3OS. The number of H-pyrrole nitrogens is 1. The molecule has 0 aliphatic heterocycles. The van der Waals surface area contributed by atoms with E-state index in [0.29, 0.717) is 10.6 Å². The van der Waals surface area contributed by atoms with Crippen molar-refractivity contribution in [2.45, 2.75) is 38.8 Å². The van der Waals surface area contributed by atoms with Crippen molar-refractivity contribution in [1.82, 2.24) is 14.8 Å². The number of rotatable bonds is 5. The largest absolute Gasteiger partial charge is 0.388 e. The van der Waals surface area contributed by atoms with E-state index in [0.717, 1.165) is 24.3 Å². The minimum Gasteiger partial charge on any atom is -0.388 e. The molecule has 88 valence electrons. The second-order valence-electron chi connectivity index (χ2n) is 5.05. The van der Waals surface area contributed by atoms with Crippen molar-refractivity contribution in [2.75, 3.05) is 0 Å².